The lowest BCUT2D eigenvalue weighted by Gasteiger charge is -2.43. The van der Waals surface area contributed by atoms with Gasteiger partial charge in [0.1, 0.15) is 5.60 Å². The lowest BCUT2D eigenvalue weighted by molar-refractivity contribution is -0.206. The number of carbonyl (C=O) groups is 1. The molecule has 2 aliphatic rings. The van der Waals surface area contributed by atoms with Gasteiger partial charge in [-0.15, -0.1) is 0 Å². The van der Waals surface area contributed by atoms with Crippen LogP contribution >= 0.6 is 0 Å². The highest BCUT2D eigenvalue weighted by atomic mass is 16.6. The van der Waals surface area contributed by atoms with Gasteiger partial charge in [0, 0.05) is 6.42 Å². The van der Waals surface area contributed by atoms with E-state index in [1.54, 1.807) is 0 Å². The maximum absolute atomic E-state index is 11.3. The van der Waals surface area contributed by atoms with Crippen molar-refractivity contribution in [1.82, 2.24) is 0 Å². The Labute approximate surface area is 89.2 Å². The number of hydrogen-bond acceptors (Lipinski definition) is 2. The minimum Gasteiger partial charge on any atom is -0.457 e. The largest absolute Gasteiger partial charge is 0.457 e. The number of carbonyl (C=O) groups excluding carboxylic acids is 1. The predicted octanol–water partition coefficient (Wildman–Crippen LogP) is 2.32. The van der Waals surface area contributed by atoms with Crippen LogP contribution in [0.2, 0.25) is 0 Å². The molecule has 15 heavy (non-hydrogen) atoms. The predicted molar refractivity (Wildman–Crippen MR) is 56.3 cm³/mol. The lowest BCUT2D eigenvalue weighted by Crippen LogP contribution is -2.55. The summed E-state index contributed by atoms with van der Waals surface area (Å²) in [6.45, 7) is 0. The van der Waals surface area contributed by atoms with Crippen LogP contribution in [0.3, 0.4) is 0 Å². The van der Waals surface area contributed by atoms with Crippen molar-refractivity contribution in [3.05, 3.63) is 35.9 Å². The Morgan fingerprint density at radius 3 is 2.87 bits per heavy atom. The van der Waals surface area contributed by atoms with Gasteiger partial charge in [0.05, 0.1) is 5.92 Å². The van der Waals surface area contributed by atoms with Gasteiger partial charge in [-0.05, 0) is 24.8 Å². The molecular formula is C13H14O2. The molecule has 3 rings (SSSR count). The van der Waals surface area contributed by atoms with Gasteiger partial charge in [0.25, 0.3) is 0 Å². The smallest absolute Gasteiger partial charge is 0.313 e. The van der Waals surface area contributed by atoms with Crippen molar-refractivity contribution in [2.75, 3.05) is 0 Å². The Morgan fingerprint density at radius 2 is 2.13 bits per heavy atom. The molecule has 0 N–H and O–H groups in total. The van der Waals surface area contributed by atoms with Crippen molar-refractivity contribution in [2.45, 2.75) is 31.3 Å². The third-order valence-corrected chi connectivity index (χ3v) is 3.66. The van der Waals surface area contributed by atoms with Crippen LogP contribution in [0.25, 0.3) is 0 Å². The first-order chi connectivity index (χ1) is 7.30. The molecule has 1 aromatic carbocycles. The van der Waals surface area contributed by atoms with Gasteiger partial charge in [-0.3, -0.25) is 4.79 Å². The lowest BCUT2D eigenvalue weighted by atomic mass is 9.80. The molecule has 1 aromatic rings. The Morgan fingerprint density at radius 1 is 1.33 bits per heavy atom. The standard InChI is InChI=1S/C13H14O2/c14-12-11-7-4-8-13(11,15-12)9-10-5-2-1-3-6-10/h1-3,5-6,11H,4,7-9H2/t11-,13+/m0/s1. The molecule has 2 nitrogen and oxygen atoms in total. The molecule has 0 amide bonds. The van der Waals surface area contributed by atoms with E-state index in [2.05, 4.69) is 12.1 Å². The average Bonchev–Trinajstić information content (AvgIpc) is 2.56. The van der Waals surface area contributed by atoms with E-state index in [0.717, 1.165) is 25.7 Å². The molecule has 0 spiro atoms. The topological polar surface area (TPSA) is 26.3 Å². The quantitative estimate of drug-likeness (QED) is 0.688. The Bertz CT molecular complexity index is 385. The first-order valence-corrected chi connectivity index (χ1v) is 5.57. The van der Waals surface area contributed by atoms with Gasteiger partial charge in [-0.25, -0.2) is 0 Å². The summed E-state index contributed by atoms with van der Waals surface area (Å²) >= 11 is 0. The van der Waals surface area contributed by atoms with Crippen molar-refractivity contribution < 1.29 is 9.53 Å². The van der Waals surface area contributed by atoms with Gasteiger partial charge in [0.2, 0.25) is 0 Å². The number of fused-ring (bicyclic) bond motifs is 1. The van der Waals surface area contributed by atoms with Crippen LogP contribution in [0.1, 0.15) is 24.8 Å². The van der Waals surface area contributed by atoms with E-state index in [1.807, 2.05) is 18.2 Å². The normalized spacial score (nSPS) is 33.1. The fourth-order valence-corrected chi connectivity index (χ4v) is 2.90. The van der Waals surface area contributed by atoms with Gasteiger partial charge in [-0.1, -0.05) is 30.3 Å². The molecule has 0 unspecified atom stereocenters. The molecule has 1 saturated carbocycles. The maximum atomic E-state index is 11.3. The molecule has 0 radical (unpaired) electrons. The van der Waals surface area contributed by atoms with E-state index in [1.165, 1.54) is 5.56 Å². The zero-order valence-corrected chi connectivity index (χ0v) is 8.61. The molecule has 2 heteroatoms. The third-order valence-electron chi connectivity index (χ3n) is 3.66. The highest BCUT2D eigenvalue weighted by Gasteiger charge is 2.58. The molecule has 2 fully saturated rings. The Balaban J connectivity index is 1.81. The summed E-state index contributed by atoms with van der Waals surface area (Å²) in [5.41, 5.74) is 1.13. The molecule has 1 saturated heterocycles. The number of ether oxygens (including phenoxy) is 1. The van der Waals surface area contributed by atoms with Crippen LogP contribution in [0.4, 0.5) is 0 Å². The summed E-state index contributed by atoms with van der Waals surface area (Å²) in [5, 5.41) is 0. The van der Waals surface area contributed by atoms with Crippen molar-refractivity contribution in [2.24, 2.45) is 5.92 Å². The second-order valence-corrected chi connectivity index (χ2v) is 4.59. The summed E-state index contributed by atoms with van der Waals surface area (Å²) in [6.07, 6.45) is 4.08. The van der Waals surface area contributed by atoms with E-state index in [9.17, 15) is 4.79 Å². The third kappa shape index (κ3) is 1.28. The first kappa shape index (κ1) is 8.96. The Hall–Kier alpha value is -1.31. The molecule has 1 heterocycles. The van der Waals surface area contributed by atoms with E-state index in [-0.39, 0.29) is 17.5 Å². The fraction of sp³-hybridized carbons (Fsp3) is 0.462. The molecule has 0 aromatic heterocycles. The number of benzene rings is 1. The second-order valence-electron chi connectivity index (χ2n) is 4.59. The minimum atomic E-state index is -0.140. The highest BCUT2D eigenvalue weighted by Crippen LogP contribution is 2.49. The van der Waals surface area contributed by atoms with Crippen LogP contribution in [-0.4, -0.2) is 11.6 Å². The average molecular weight is 202 g/mol. The van der Waals surface area contributed by atoms with Crippen LogP contribution in [0.5, 0.6) is 0 Å². The van der Waals surface area contributed by atoms with Crippen molar-refractivity contribution in [3.63, 3.8) is 0 Å². The summed E-state index contributed by atoms with van der Waals surface area (Å²) < 4.78 is 5.42. The van der Waals surface area contributed by atoms with Crippen LogP contribution in [0, 0.1) is 5.92 Å². The molecule has 1 aliphatic heterocycles. The number of hydrogen-bond donors (Lipinski definition) is 0. The van der Waals surface area contributed by atoms with E-state index in [4.69, 9.17) is 4.74 Å². The van der Waals surface area contributed by atoms with Crippen molar-refractivity contribution >= 4 is 5.97 Å². The molecule has 78 valence electrons. The van der Waals surface area contributed by atoms with E-state index < -0.39 is 0 Å². The van der Waals surface area contributed by atoms with Gasteiger partial charge in [0.15, 0.2) is 0 Å². The van der Waals surface area contributed by atoms with Crippen LogP contribution in [-0.2, 0) is 16.0 Å². The molecule has 0 bridgehead atoms. The van der Waals surface area contributed by atoms with Gasteiger partial charge < -0.3 is 4.74 Å². The molecule has 1 aliphatic carbocycles. The highest BCUT2D eigenvalue weighted by molar-refractivity contribution is 5.81. The van der Waals surface area contributed by atoms with Crippen LogP contribution < -0.4 is 0 Å². The summed E-state index contributed by atoms with van der Waals surface area (Å²) in [4.78, 5) is 11.3. The van der Waals surface area contributed by atoms with Crippen molar-refractivity contribution in [3.8, 4) is 0 Å². The molecule has 2 atom stereocenters. The molecular weight excluding hydrogens is 188 g/mol. The Kier molecular flexibility index (Phi) is 1.84. The monoisotopic (exact) mass is 202 g/mol. The second kappa shape index (κ2) is 3.09. The zero-order chi connectivity index (χ0) is 10.3. The number of esters is 1. The van der Waals surface area contributed by atoms with E-state index in [0.29, 0.717) is 0 Å². The van der Waals surface area contributed by atoms with E-state index >= 15 is 0 Å². The summed E-state index contributed by atoms with van der Waals surface area (Å²) in [5.74, 6) is 0.195. The van der Waals surface area contributed by atoms with Crippen LogP contribution in [0.15, 0.2) is 30.3 Å². The summed E-state index contributed by atoms with van der Waals surface area (Å²) in [6, 6.07) is 10.3. The van der Waals surface area contributed by atoms with Gasteiger partial charge in [-0.2, -0.15) is 0 Å². The maximum Gasteiger partial charge on any atom is 0.313 e. The summed E-state index contributed by atoms with van der Waals surface area (Å²) in [7, 11) is 0. The van der Waals surface area contributed by atoms with Gasteiger partial charge >= 0.3 is 5.97 Å². The van der Waals surface area contributed by atoms with Crippen molar-refractivity contribution in [1.29, 1.82) is 0 Å². The minimum absolute atomic E-state index is 0.0171. The number of rotatable bonds is 2. The zero-order valence-electron chi connectivity index (χ0n) is 8.61. The first-order valence-electron chi connectivity index (χ1n) is 5.57. The SMILES string of the molecule is O=C1O[C@@]2(Cc3ccccc3)CCC[C@@H]12. The fourth-order valence-electron chi connectivity index (χ4n) is 2.90.